The number of rotatable bonds is 5. The fourth-order valence-corrected chi connectivity index (χ4v) is 3.08. The van der Waals surface area contributed by atoms with Crippen molar-refractivity contribution in [3.63, 3.8) is 0 Å². The van der Waals surface area contributed by atoms with E-state index in [0.29, 0.717) is 5.82 Å². The number of imidazole rings is 1. The highest BCUT2D eigenvalue weighted by Gasteiger charge is 2.24. The predicted octanol–water partition coefficient (Wildman–Crippen LogP) is 1.86. The number of carbonyl (C=O) groups excluding carboxylic acids is 1. The number of ether oxygens (including phenoxy) is 1. The number of esters is 1. The van der Waals surface area contributed by atoms with Crippen molar-refractivity contribution >= 4 is 11.8 Å². The Labute approximate surface area is 126 Å². The van der Waals surface area contributed by atoms with Gasteiger partial charge < -0.3 is 19.9 Å². The van der Waals surface area contributed by atoms with E-state index in [0.717, 1.165) is 31.9 Å². The van der Waals surface area contributed by atoms with Crippen molar-refractivity contribution in [2.24, 2.45) is 0 Å². The van der Waals surface area contributed by atoms with Crippen LogP contribution in [0, 0.1) is 0 Å². The van der Waals surface area contributed by atoms with E-state index in [-0.39, 0.29) is 11.7 Å². The van der Waals surface area contributed by atoms with Crippen LogP contribution in [0.2, 0.25) is 0 Å². The molecule has 118 valence electrons. The van der Waals surface area contributed by atoms with Gasteiger partial charge in [-0.1, -0.05) is 13.3 Å². The molecule has 1 atom stereocenters. The van der Waals surface area contributed by atoms with Crippen LogP contribution in [0.1, 0.15) is 55.5 Å². The fourth-order valence-electron chi connectivity index (χ4n) is 3.08. The molecule has 6 heteroatoms. The van der Waals surface area contributed by atoms with Crippen LogP contribution in [0.4, 0.5) is 5.82 Å². The lowest BCUT2D eigenvalue weighted by atomic mass is 10.1. The van der Waals surface area contributed by atoms with Crippen molar-refractivity contribution < 1.29 is 9.53 Å². The van der Waals surface area contributed by atoms with Crippen molar-refractivity contribution in [3.05, 3.63) is 11.5 Å². The molecule has 1 aromatic rings. The van der Waals surface area contributed by atoms with E-state index in [1.54, 1.807) is 0 Å². The second kappa shape index (κ2) is 6.93. The molecular formula is C15H26N4O2. The monoisotopic (exact) mass is 294 g/mol. The van der Waals surface area contributed by atoms with Gasteiger partial charge in [0.2, 0.25) is 0 Å². The van der Waals surface area contributed by atoms with Gasteiger partial charge in [-0.2, -0.15) is 0 Å². The Kier molecular flexibility index (Phi) is 5.22. The minimum Gasteiger partial charge on any atom is -0.464 e. The van der Waals surface area contributed by atoms with E-state index in [1.807, 2.05) is 11.5 Å². The van der Waals surface area contributed by atoms with Crippen LogP contribution in [-0.2, 0) is 11.2 Å². The Morgan fingerprint density at radius 3 is 2.62 bits per heavy atom. The third-order valence-electron chi connectivity index (χ3n) is 4.13. The third-order valence-corrected chi connectivity index (χ3v) is 4.13. The first-order valence-electron chi connectivity index (χ1n) is 7.75. The Hall–Kier alpha value is -1.56. The van der Waals surface area contributed by atoms with Gasteiger partial charge in [0.05, 0.1) is 7.11 Å². The number of anilines is 1. The van der Waals surface area contributed by atoms with Crippen molar-refractivity contribution in [2.45, 2.75) is 45.6 Å². The van der Waals surface area contributed by atoms with Crippen LogP contribution < -0.4 is 5.73 Å². The van der Waals surface area contributed by atoms with E-state index < -0.39 is 5.97 Å². The Balaban J connectivity index is 2.20. The summed E-state index contributed by atoms with van der Waals surface area (Å²) < 4.78 is 6.74. The number of likely N-dealkylation sites (tertiary alicyclic amines) is 1. The van der Waals surface area contributed by atoms with Gasteiger partial charge in [-0.3, -0.25) is 0 Å². The zero-order valence-corrected chi connectivity index (χ0v) is 13.3. The van der Waals surface area contributed by atoms with Gasteiger partial charge in [0, 0.05) is 19.0 Å². The minimum atomic E-state index is -0.467. The molecule has 0 amide bonds. The number of nitrogen functional groups attached to an aromatic ring is 1. The first-order chi connectivity index (χ1) is 10.1. The lowest BCUT2D eigenvalue weighted by Crippen LogP contribution is -2.34. The molecule has 1 saturated heterocycles. The van der Waals surface area contributed by atoms with Gasteiger partial charge in [-0.05, 0) is 32.9 Å². The zero-order valence-electron chi connectivity index (χ0n) is 13.3. The van der Waals surface area contributed by atoms with Crippen LogP contribution in [0.25, 0.3) is 0 Å². The molecule has 1 aliphatic heterocycles. The van der Waals surface area contributed by atoms with E-state index in [1.165, 1.54) is 26.4 Å². The lowest BCUT2D eigenvalue weighted by Gasteiger charge is -2.30. The van der Waals surface area contributed by atoms with E-state index in [4.69, 9.17) is 10.5 Å². The van der Waals surface area contributed by atoms with Crippen LogP contribution >= 0.6 is 0 Å². The molecule has 2 N–H and O–H groups in total. The number of aromatic nitrogens is 2. The summed E-state index contributed by atoms with van der Waals surface area (Å²) in [4.78, 5) is 18.6. The topological polar surface area (TPSA) is 73.4 Å². The summed E-state index contributed by atoms with van der Waals surface area (Å²) >= 11 is 0. The number of hydrogen-bond donors (Lipinski definition) is 1. The zero-order chi connectivity index (χ0) is 15.4. The number of nitrogens with zero attached hydrogens (tertiary/aromatic N) is 3. The molecule has 1 aliphatic rings. The van der Waals surface area contributed by atoms with Crippen LogP contribution in [-0.4, -0.2) is 47.2 Å². The molecule has 2 rings (SSSR count). The Morgan fingerprint density at radius 1 is 1.38 bits per heavy atom. The summed E-state index contributed by atoms with van der Waals surface area (Å²) in [5, 5.41) is 0. The number of carbonyl (C=O) groups is 1. The molecule has 1 fully saturated rings. The molecule has 1 unspecified atom stereocenters. The van der Waals surface area contributed by atoms with Gasteiger partial charge >= 0.3 is 5.97 Å². The quantitative estimate of drug-likeness (QED) is 0.839. The van der Waals surface area contributed by atoms with Crippen molar-refractivity contribution in [2.75, 3.05) is 32.5 Å². The van der Waals surface area contributed by atoms with Crippen molar-refractivity contribution in [1.82, 2.24) is 14.5 Å². The Morgan fingerprint density at radius 2 is 2.05 bits per heavy atom. The molecule has 2 heterocycles. The third kappa shape index (κ3) is 3.37. The summed E-state index contributed by atoms with van der Waals surface area (Å²) in [5.41, 5.74) is 6.38. The molecule has 0 aromatic carbocycles. The molecule has 0 radical (unpaired) electrons. The van der Waals surface area contributed by atoms with Crippen molar-refractivity contribution in [1.29, 1.82) is 0 Å². The summed E-state index contributed by atoms with van der Waals surface area (Å²) in [6.07, 6.45) is 4.59. The highest BCUT2D eigenvalue weighted by Crippen LogP contribution is 2.23. The Bertz CT molecular complexity index is 492. The largest absolute Gasteiger partial charge is 0.464 e. The summed E-state index contributed by atoms with van der Waals surface area (Å²) in [6.45, 7) is 7.38. The van der Waals surface area contributed by atoms with Crippen molar-refractivity contribution in [3.8, 4) is 0 Å². The maximum absolute atomic E-state index is 11.7. The molecule has 0 saturated carbocycles. The lowest BCUT2D eigenvalue weighted by molar-refractivity contribution is 0.0595. The second-order valence-electron chi connectivity index (χ2n) is 5.69. The molecule has 6 nitrogen and oxygen atoms in total. The first kappa shape index (κ1) is 15.8. The number of nitrogens with two attached hydrogens (primary N) is 1. The van der Waals surface area contributed by atoms with Gasteiger partial charge in [-0.15, -0.1) is 0 Å². The molecule has 1 aromatic heterocycles. The average molecular weight is 294 g/mol. The highest BCUT2D eigenvalue weighted by atomic mass is 16.5. The second-order valence-corrected chi connectivity index (χ2v) is 5.69. The number of hydrogen-bond acceptors (Lipinski definition) is 5. The summed E-state index contributed by atoms with van der Waals surface area (Å²) in [5.74, 6) is 0.798. The molecular weight excluding hydrogens is 268 g/mol. The highest BCUT2D eigenvalue weighted by molar-refractivity contribution is 5.92. The standard InChI is InChI=1S/C15H26N4O2/c1-4-12-17-13(15(20)21-3)14(16)19(12)11(2)10-18-8-6-5-7-9-18/h11H,4-10,16H2,1-3H3. The maximum Gasteiger partial charge on any atom is 0.360 e. The van der Waals surface area contributed by atoms with Crippen LogP contribution in [0.3, 0.4) is 0 Å². The minimum absolute atomic E-state index is 0.198. The molecule has 21 heavy (non-hydrogen) atoms. The van der Waals surface area contributed by atoms with Gasteiger partial charge in [0.25, 0.3) is 0 Å². The SMILES string of the molecule is CCc1nc(C(=O)OC)c(N)n1C(C)CN1CCCCC1. The molecule has 0 aliphatic carbocycles. The first-order valence-corrected chi connectivity index (χ1v) is 7.75. The average Bonchev–Trinajstić information content (AvgIpc) is 2.84. The normalized spacial score (nSPS) is 17.7. The molecule has 0 bridgehead atoms. The van der Waals surface area contributed by atoms with Crippen LogP contribution in [0.15, 0.2) is 0 Å². The van der Waals surface area contributed by atoms with Gasteiger partial charge in [-0.25, -0.2) is 9.78 Å². The maximum atomic E-state index is 11.7. The van der Waals surface area contributed by atoms with E-state index in [2.05, 4.69) is 16.8 Å². The van der Waals surface area contributed by atoms with E-state index >= 15 is 0 Å². The van der Waals surface area contributed by atoms with E-state index in [9.17, 15) is 4.79 Å². The predicted molar refractivity (Wildman–Crippen MR) is 82.4 cm³/mol. The number of aryl methyl sites for hydroxylation is 1. The van der Waals surface area contributed by atoms with Crippen LogP contribution in [0.5, 0.6) is 0 Å². The fraction of sp³-hybridized carbons (Fsp3) is 0.733. The smallest absolute Gasteiger partial charge is 0.360 e. The molecule has 0 spiro atoms. The number of piperidine rings is 1. The summed E-state index contributed by atoms with van der Waals surface area (Å²) in [7, 11) is 1.35. The summed E-state index contributed by atoms with van der Waals surface area (Å²) in [6, 6.07) is 0.198. The van der Waals surface area contributed by atoms with Gasteiger partial charge in [0.15, 0.2) is 5.69 Å². The number of methoxy groups -OCH3 is 1. The van der Waals surface area contributed by atoms with Gasteiger partial charge in [0.1, 0.15) is 11.6 Å².